The van der Waals surface area contributed by atoms with Crippen LogP contribution in [0.3, 0.4) is 0 Å². The largest absolute Gasteiger partial charge is 0.251 e. The summed E-state index contributed by atoms with van der Waals surface area (Å²) in [7, 11) is -0.206. The zero-order chi connectivity index (χ0) is 9.78. The highest BCUT2D eigenvalue weighted by atomic mass is 35.6. The van der Waals surface area contributed by atoms with E-state index >= 15 is 0 Å². The first-order chi connectivity index (χ1) is 6.41. The topological polar surface area (TPSA) is 0 Å². The molecule has 0 N–H and O–H groups in total. The first kappa shape index (κ1) is 13.4. The number of alkyl halides is 1. The van der Waals surface area contributed by atoms with E-state index in [1.54, 1.807) is 0 Å². The molecule has 0 spiro atoms. The zero-order valence-electron chi connectivity index (χ0n) is 8.53. The number of unbranched alkanes of at least 4 members (excludes halogenated alkanes) is 7. The smallest absolute Gasteiger partial charge is 0.125 e. The van der Waals surface area contributed by atoms with Crippen LogP contribution >= 0.6 is 11.1 Å². The van der Waals surface area contributed by atoms with Crippen molar-refractivity contribution >= 4 is 19.9 Å². The third-order valence-corrected chi connectivity index (χ3v) is 3.84. The molecular weight excluding hydrogens is 203 g/mol. The molecule has 80 valence electrons. The summed E-state index contributed by atoms with van der Waals surface area (Å²) in [6.07, 6.45) is 9.70. The molecule has 0 aromatic rings. The molecule has 0 atom stereocenters. The Morgan fingerprint density at radius 1 is 0.769 bits per heavy atom. The van der Waals surface area contributed by atoms with Crippen molar-refractivity contribution in [1.29, 1.82) is 0 Å². The fourth-order valence-electron chi connectivity index (χ4n) is 1.43. The van der Waals surface area contributed by atoms with Gasteiger partial charge in [-0.3, -0.25) is 4.39 Å². The van der Waals surface area contributed by atoms with Crippen molar-refractivity contribution in [1.82, 2.24) is 0 Å². The molecule has 13 heavy (non-hydrogen) atoms. The summed E-state index contributed by atoms with van der Waals surface area (Å²) in [4.78, 5) is 0. The van der Waals surface area contributed by atoms with Crippen LogP contribution in [-0.4, -0.2) is 15.5 Å². The van der Waals surface area contributed by atoms with E-state index in [-0.39, 0.29) is 15.5 Å². The Hall–Kier alpha value is 0.437. The number of hydrogen-bond acceptors (Lipinski definition) is 0. The summed E-state index contributed by atoms with van der Waals surface area (Å²) < 4.78 is 11.7. The van der Waals surface area contributed by atoms with Gasteiger partial charge in [0.2, 0.25) is 0 Å². The molecule has 3 heteroatoms. The molecule has 0 aliphatic heterocycles. The predicted molar refractivity (Wildman–Crippen MR) is 62.1 cm³/mol. The molecular formula is C10H22ClFSi. The van der Waals surface area contributed by atoms with Crippen molar-refractivity contribution in [3.05, 3.63) is 0 Å². The Kier molecular flexibility index (Phi) is 12.9. The summed E-state index contributed by atoms with van der Waals surface area (Å²) >= 11 is 5.70. The normalized spacial score (nSPS) is 11.5. The van der Waals surface area contributed by atoms with E-state index in [4.69, 9.17) is 11.1 Å². The van der Waals surface area contributed by atoms with Crippen molar-refractivity contribution in [3.8, 4) is 0 Å². The average Bonchev–Trinajstić information content (AvgIpc) is 2.16. The second kappa shape index (κ2) is 12.4. The maximum atomic E-state index is 11.7. The molecule has 0 rings (SSSR count). The summed E-state index contributed by atoms with van der Waals surface area (Å²) in [6, 6.07) is 1.30. The van der Waals surface area contributed by atoms with Gasteiger partial charge in [-0.15, -0.1) is 0 Å². The Labute approximate surface area is 88.8 Å². The minimum absolute atomic E-state index is 0.139. The van der Waals surface area contributed by atoms with Crippen LogP contribution in [-0.2, 0) is 0 Å². The molecule has 0 fully saturated rings. The van der Waals surface area contributed by atoms with Crippen LogP contribution in [0.25, 0.3) is 0 Å². The van der Waals surface area contributed by atoms with Crippen molar-refractivity contribution in [2.24, 2.45) is 0 Å². The summed E-state index contributed by atoms with van der Waals surface area (Å²) in [5.41, 5.74) is 0. The zero-order valence-corrected chi connectivity index (χ0v) is 10.7. The SMILES string of the molecule is FCCCCCCCCCC[SiH2]Cl. The average molecular weight is 225 g/mol. The van der Waals surface area contributed by atoms with Gasteiger partial charge in [0.1, 0.15) is 8.83 Å². The molecule has 0 saturated carbocycles. The van der Waals surface area contributed by atoms with Gasteiger partial charge in [0.25, 0.3) is 0 Å². The molecule has 0 nitrogen and oxygen atoms in total. The van der Waals surface area contributed by atoms with Gasteiger partial charge in [0.15, 0.2) is 0 Å². The first-order valence-electron chi connectivity index (χ1n) is 5.53. The molecule has 0 radical (unpaired) electrons. The molecule has 0 aliphatic carbocycles. The van der Waals surface area contributed by atoms with Crippen LogP contribution in [0.1, 0.15) is 51.4 Å². The lowest BCUT2D eigenvalue weighted by Crippen LogP contribution is -1.83. The molecule has 0 unspecified atom stereocenters. The maximum Gasteiger partial charge on any atom is 0.125 e. The number of hydrogen-bond donors (Lipinski definition) is 0. The van der Waals surface area contributed by atoms with Crippen LogP contribution < -0.4 is 0 Å². The highest BCUT2D eigenvalue weighted by molar-refractivity contribution is 6.93. The van der Waals surface area contributed by atoms with E-state index in [2.05, 4.69) is 0 Å². The second-order valence-electron chi connectivity index (χ2n) is 3.56. The Morgan fingerprint density at radius 2 is 1.23 bits per heavy atom. The standard InChI is InChI=1S/C10H22ClFSi/c11-13-10-8-6-4-2-1-3-5-7-9-12/h1-10,13H2. The molecule has 0 amide bonds. The van der Waals surface area contributed by atoms with E-state index in [1.165, 1.54) is 44.6 Å². The van der Waals surface area contributed by atoms with Gasteiger partial charge in [0.05, 0.1) is 6.67 Å². The number of rotatable bonds is 10. The van der Waals surface area contributed by atoms with Crippen molar-refractivity contribution < 1.29 is 4.39 Å². The van der Waals surface area contributed by atoms with E-state index in [9.17, 15) is 4.39 Å². The summed E-state index contributed by atoms with van der Waals surface area (Å²) in [5.74, 6) is 0. The van der Waals surface area contributed by atoms with Crippen molar-refractivity contribution in [2.45, 2.75) is 57.4 Å². The fraction of sp³-hybridized carbons (Fsp3) is 1.00. The third kappa shape index (κ3) is 12.4. The van der Waals surface area contributed by atoms with E-state index in [0.29, 0.717) is 0 Å². The van der Waals surface area contributed by atoms with Crippen LogP contribution in [0, 0.1) is 0 Å². The molecule has 0 heterocycles. The quantitative estimate of drug-likeness (QED) is 0.301. The fourth-order valence-corrected chi connectivity index (χ4v) is 2.54. The molecule has 0 bridgehead atoms. The van der Waals surface area contributed by atoms with E-state index in [1.807, 2.05) is 0 Å². The van der Waals surface area contributed by atoms with Gasteiger partial charge in [-0.1, -0.05) is 44.9 Å². The summed E-state index contributed by atoms with van der Waals surface area (Å²) in [5, 5.41) is 0. The minimum Gasteiger partial charge on any atom is -0.251 e. The third-order valence-electron chi connectivity index (χ3n) is 2.27. The van der Waals surface area contributed by atoms with Gasteiger partial charge in [-0.2, -0.15) is 11.1 Å². The van der Waals surface area contributed by atoms with Crippen LogP contribution in [0.5, 0.6) is 0 Å². The lowest BCUT2D eigenvalue weighted by molar-refractivity contribution is 0.449. The Bertz CT molecular complexity index is 81.0. The van der Waals surface area contributed by atoms with Crippen LogP contribution in [0.4, 0.5) is 4.39 Å². The van der Waals surface area contributed by atoms with Gasteiger partial charge in [-0.05, 0) is 12.5 Å². The second-order valence-corrected chi connectivity index (χ2v) is 5.78. The summed E-state index contributed by atoms with van der Waals surface area (Å²) in [6.45, 7) is -0.139. The monoisotopic (exact) mass is 224 g/mol. The molecule has 0 aliphatic rings. The highest BCUT2D eigenvalue weighted by Gasteiger charge is 1.91. The van der Waals surface area contributed by atoms with Gasteiger partial charge >= 0.3 is 0 Å². The Morgan fingerprint density at radius 3 is 1.69 bits per heavy atom. The maximum absolute atomic E-state index is 11.7. The van der Waals surface area contributed by atoms with Gasteiger partial charge < -0.3 is 0 Å². The van der Waals surface area contributed by atoms with Gasteiger partial charge in [0, 0.05) is 0 Å². The highest BCUT2D eigenvalue weighted by Crippen LogP contribution is 2.09. The predicted octanol–water partition coefficient (Wildman–Crippen LogP) is 3.82. The first-order valence-corrected chi connectivity index (χ1v) is 8.67. The van der Waals surface area contributed by atoms with Crippen molar-refractivity contribution in [3.63, 3.8) is 0 Å². The lowest BCUT2D eigenvalue weighted by Gasteiger charge is -2.00. The van der Waals surface area contributed by atoms with Crippen LogP contribution in [0.2, 0.25) is 6.04 Å². The minimum atomic E-state index is -0.206. The molecule has 0 aromatic carbocycles. The number of halogens is 2. The van der Waals surface area contributed by atoms with E-state index in [0.717, 1.165) is 12.8 Å². The molecule has 0 saturated heterocycles. The van der Waals surface area contributed by atoms with Gasteiger partial charge in [-0.25, -0.2) is 0 Å². The van der Waals surface area contributed by atoms with E-state index < -0.39 is 0 Å². The molecule has 0 aromatic heterocycles. The van der Waals surface area contributed by atoms with Crippen LogP contribution in [0.15, 0.2) is 0 Å². The lowest BCUT2D eigenvalue weighted by atomic mass is 10.1. The van der Waals surface area contributed by atoms with Crippen molar-refractivity contribution in [2.75, 3.05) is 6.67 Å². The Balaban J connectivity index is 2.76.